The molecule has 0 radical (unpaired) electrons. The summed E-state index contributed by atoms with van der Waals surface area (Å²) in [6.45, 7) is 7.49. The molecule has 0 saturated heterocycles. The Kier molecular flexibility index (Phi) is 9.31. The van der Waals surface area contributed by atoms with Crippen molar-refractivity contribution >= 4 is 24.5 Å². The quantitative estimate of drug-likeness (QED) is 0.220. The zero-order valence-electron chi connectivity index (χ0n) is 22.6. The molecule has 202 valence electrons. The second-order valence-electron chi connectivity index (χ2n) is 10.7. The van der Waals surface area contributed by atoms with Gasteiger partial charge in [0, 0.05) is 18.9 Å². The summed E-state index contributed by atoms with van der Waals surface area (Å²) in [6, 6.07) is 15.2. The number of aryl methyl sites for hydroxylation is 1. The number of aromatic nitrogens is 2. The van der Waals surface area contributed by atoms with Crippen molar-refractivity contribution in [2.24, 2.45) is 5.92 Å². The highest BCUT2D eigenvalue weighted by atomic mass is 32.1. The number of carbonyl (C=O) groups excluding carboxylic acids is 1. The van der Waals surface area contributed by atoms with Crippen molar-refractivity contribution in [2.75, 3.05) is 0 Å². The Labute approximate surface area is 231 Å². The van der Waals surface area contributed by atoms with Gasteiger partial charge in [0.1, 0.15) is 5.82 Å². The lowest BCUT2D eigenvalue weighted by atomic mass is 9.98. The molecule has 1 fully saturated rings. The molecule has 1 heterocycles. The number of hydrogen-bond acceptors (Lipinski definition) is 4. The standard InChI is InChI=1S/C31H39N3O3S/c1-4-5-10-28-33-29(23-15-16-23)26(18-32-30(35)27(38)17-20(2)3)34(28)19-21-11-13-22(14-12-21)24-8-6-7-9-25(24)31(36)37/h6-9,11-14,20,23,27,38H,4-5,10,15-19H2,1-3H3,(H,32,35)(H,36,37)/t27-/m0/s1. The summed E-state index contributed by atoms with van der Waals surface area (Å²) >= 11 is 4.54. The Morgan fingerprint density at radius 1 is 1.13 bits per heavy atom. The molecule has 2 N–H and O–H groups in total. The van der Waals surface area contributed by atoms with Crippen molar-refractivity contribution in [1.82, 2.24) is 14.9 Å². The molecule has 0 unspecified atom stereocenters. The molecule has 38 heavy (non-hydrogen) atoms. The molecular weight excluding hydrogens is 494 g/mol. The van der Waals surface area contributed by atoms with Gasteiger partial charge in [0.2, 0.25) is 5.91 Å². The molecule has 1 amide bonds. The molecule has 6 nitrogen and oxygen atoms in total. The molecule has 2 aromatic carbocycles. The van der Waals surface area contributed by atoms with Crippen LogP contribution in [-0.2, 0) is 24.3 Å². The fraction of sp³-hybridized carbons (Fsp3) is 0.452. The van der Waals surface area contributed by atoms with Gasteiger partial charge in [-0.05, 0) is 54.4 Å². The summed E-state index contributed by atoms with van der Waals surface area (Å²) in [6.07, 6.45) is 6.08. The molecule has 1 atom stereocenters. The first-order valence-corrected chi connectivity index (χ1v) is 14.3. The molecular formula is C31H39N3O3S. The topological polar surface area (TPSA) is 84.2 Å². The Morgan fingerprint density at radius 2 is 1.84 bits per heavy atom. The Balaban J connectivity index is 1.61. The Hall–Kier alpha value is -3.06. The molecule has 0 bridgehead atoms. The normalized spacial score (nSPS) is 14.0. The van der Waals surface area contributed by atoms with Crippen LogP contribution < -0.4 is 5.32 Å². The number of thiol groups is 1. The number of carboxylic acids is 1. The SMILES string of the molecule is CCCCc1nc(C2CC2)c(CNC(=O)[C@@H](S)CC(C)C)n1Cc1ccc(-c2ccccc2C(=O)O)cc1. The van der Waals surface area contributed by atoms with E-state index in [4.69, 9.17) is 4.98 Å². The molecule has 1 aromatic heterocycles. The first-order chi connectivity index (χ1) is 18.3. The minimum Gasteiger partial charge on any atom is -0.478 e. The number of unbranched alkanes of at least 4 members (excludes halogenated alkanes) is 1. The van der Waals surface area contributed by atoms with Gasteiger partial charge in [-0.15, -0.1) is 0 Å². The zero-order valence-corrected chi connectivity index (χ0v) is 23.5. The highest BCUT2D eigenvalue weighted by molar-refractivity contribution is 7.81. The lowest BCUT2D eigenvalue weighted by Gasteiger charge is -2.17. The van der Waals surface area contributed by atoms with Gasteiger partial charge in [0.05, 0.1) is 28.7 Å². The van der Waals surface area contributed by atoms with Crippen LogP contribution in [0.3, 0.4) is 0 Å². The number of imidazole rings is 1. The third kappa shape index (κ3) is 6.87. The van der Waals surface area contributed by atoms with E-state index in [-0.39, 0.29) is 11.2 Å². The average Bonchev–Trinajstić information content (AvgIpc) is 3.69. The van der Waals surface area contributed by atoms with E-state index in [0.717, 1.165) is 66.9 Å². The summed E-state index contributed by atoms with van der Waals surface area (Å²) in [4.78, 5) is 29.6. The Morgan fingerprint density at radius 3 is 2.47 bits per heavy atom. The van der Waals surface area contributed by atoms with Gasteiger partial charge in [0.15, 0.2) is 0 Å². The number of carbonyl (C=O) groups is 2. The number of amides is 1. The number of nitrogens with one attached hydrogen (secondary N) is 1. The average molecular weight is 534 g/mol. The lowest BCUT2D eigenvalue weighted by molar-refractivity contribution is -0.121. The second kappa shape index (κ2) is 12.7. The maximum atomic E-state index is 12.8. The molecule has 1 saturated carbocycles. The van der Waals surface area contributed by atoms with E-state index in [9.17, 15) is 14.7 Å². The molecule has 1 aliphatic carbocycles. The summed E-state index contributed by atoms with van der Waals surface area (Å²) in [5.74, 6) is 0.985. The fourth-order valence-electron chi connectivity index (χ4n) is 4.88. The van der Waals surface area contributed by atoms with Crippen LogP contribution >= 0.6 is 12.6 Å². The number of carboxylic acid groups (broad SMARTS) is 1. The van der Waals surface area contributed by atoms with Crippen LogP contribution in [-0.4, -0.2) is 31.8 Å². The van der Waals surface area contributed by atoms with Gasteiger partial charge in [-0.25, -0.2) is 9.78 Å². The van der Waals surface area contributed by atoms with Crippen LogP contribution in [0, 0.1) is 5.92 Å². The number of benzene rings is 2. The van der Waals surface area contributed by atoms with Crippen molar-refractivity contribution in [3.63, 3.8) is 0 Å². The van der Waals surface area contributed by atoms with E-state index in [1.54, 1.807) is 12.1 Å². The van der Waals surface area contributed by atoms with Gasteiger partial charge in [-0.3, -0.25) is 4.79 Å². The molecule has 0 aliphatic heterocycles. The van der Waals surface area contributed by atoms with Crippen molar-refractivity contribution < 1.29 is 14.7 Å². The van der Waals surface area contributed by atoms with E-state index >= 15 is 0 Å². The Bertz CT molecular complexity index is 1260. The van der Waals surface area contributed by atoms with Gasteiger partial charge in [-0.2, -0.15) is 12.6 Å². The van der Waals surface area contributed by atoms with Gasteiger partial charge >= 0.3 is 5.97 Å². The summed E-state index contributed by atoms with van der Waals surface area (Å²) in [7, 11) is 0. The van der Waals surface area contributed by atoms with Crippen molar-refractivity contribution in [2.45, 2.75) is 83.6 Å². The second-order valence-corrected chi connectivity index (χ2v) is 11.4. The fourth-order valence-corrected chi connectivity index (χ4v) is 5.39. The summed E-state index contributed by atoms with van der Waals surface area (Å²) < 4.78 is 2.29. The first-order valence-electron chi connectivity index (χ1n) is 13.7. The number of aromatic carboxylic acids is 1. The summed E-state index contributed by atoms with van der Waals surface area (Å²) in [5, 5.41) is 12.4. The van der Waals surface area contributed by atoms with Crippen molar-refractivity contribution in [3.8, 4) is 11.1 Å². The van der Waals surface area contributed by atoms with Crippen LogP contribution in [0.5, 0.6) is 0 Å². The largest absolute Gasteiger partial charge is 0.478 e. The predicted molar refractivity (Wildman–Crippen MR) is 155 cm³/mol. The van der Waals surface area contributed by atoms with Crippen LogP contribution in [0.2, 0.25) is 0 Å². The molecule has 4 rings (SSSR count). The van der Waals surface area contributed by atoms with Gasteiger partial charge in [0.25, 0.3) is 0 Å². The highest BCUT2D eigenvalue weighted by Gasteiger charge is 2.31. The molecule has 1 aliphatic rings. The van der Waals surface area contributed by atoms with E-state index in [1.165, 1.54) is 0 Å². The van der Waals surface area contributed by atoms with Crippen LogP contribution in [0.1, 0.15) is 91.9 Å². The third-order valence-electron chi connectivity index (χ3n) is 7.09. The monoisotopic (exact) mass is 533 g/mol. The first kappa shape index (κ1) is 28.0. The number of rotatable bonds is 13. The van der Waals surface area contributed by atoms with Crippen LogP contribution in [0.25, 0.3) is 11.1 Å². The smallest absolute Gasteiger partial charge is 0.336 e. The number of hydrogen-bond donors (Lipinski definition) is 3. The minimum absolute atomic E-state index is 0.0342. The summed E-state index contributed by atoms with van der Waals surface area (Å²) in [5.41, 5.74) is 5.21. The minimum atomic E-state index is -0.931. The van der Waals surface area contributed by atoms with Gasteiger partial charge < -0.3 is 15.0 Å². The van der Waals surface area contributed by atoms with Crippen LogP contribution in [0.4, 0.5) is 0 Å². The predicted octanol–water partition coefficient (Wildman–Crippen LogP) is 6.48. The maximum Gasteiger partial charge on any atom is 0.336 e. The van der Waals surface area contributed by atoms with E-state index in [2.05, 4.69) is 55.4 Å². The third-order valence-corrected chi connectivity index (χ3v) is 7.54. The number of nitrogens with zero attached hydrogens (tertiary/aromatic N) is 2. The van der Waals surface area contributed by atoms with Crippen molar-refractivity contribution in [3.05, 3.63) is 76.9 Å². The van der Waals surface area contributed by atoms with E-state index in [0.29, 0.717) is 36.1 Å². The zero-order chi connectivity index (χ0) is 27.2. The lowest BCUT2D eigenvalue weighted by Crippen LogP contribution is -2.33. The van der Waals surface area contributed by atoms with Crippen molar-refractivity contribution in [1.29, 1.82) is 0 Å². The molecule has 3 aromatic rings. The molecule has 0 spiro atoms. The highest BCUT2D eigenvalue weighted by Crippen LogP contribution is 2.41. The maximum absolute atomic E-state index is 12.8. The molecule has 7 heteroatoms. The van der Waals surface area contributed by atoms with E-state index in [1.807, 2.05) is 24.3 Å². The van der Waals surface area contributed by atoms with Crippen LogP contribution in [0.15, 0.2) is 48.5 Å². The van der Waals surface area contributed by atoms with Gasteiger partial charge in [-0.1, -0.05) is 69.7 Å². The van der Waals surface area contributed by atoms with E-state index < -0.39 is 5.97 Å².